The van der Waals surface area contributed by atoms with E-state index in [1.807, 2.05) is 13.8 Å². The second-order valence-corrected chi connectivity index (χ2v) is 6.54. The Morgan fingerprint density at radius 3 is 2.71 bits per heavy atom. The van der Waals surface area contributed by atoms with Crippen LogP contribution in [0.2, 0.25) is 0 Å². The maximum Gasteiger partial charge on any atom is 0.261 e. The molecule has 6 heteroatoms. The number of anilines is 1. The fourth-order valence-electron chi connectivity index (χ4n) is 1.95. The first-order valence-electron chi connectivity index (χ1n) is 6.65. The standard InChI is InChI=1S/C15H18N2O3S/c1-3-15(18)12-5-4-6-14(8-12)21(19,20)17-13-7-11(2)9-16-10-13/h4-10,15,17-18H,3H2,1-2H3. The Bertz CT molecular complexity index is 729. The van der Waals surface area contributed by atoms with Crippen molar-refractivity contribution in [2.75, 3.05) is 4.72 Å². The minimum absolute atomic E-state index is 0.119. The summed E-state index contributed by atoms with van der Waals surface area (Å²) in [7, 11) is -3.70. The summed E-state index contributed by atoms with van der Waals surface area (Å²) in [4.78, 5) is 4.07. The maximum absolute atomic E-state index is 12.4. The minimum Gasteiger partial charge on any atom is -0.388 e. The predicted molar refractivity (Wildman–Crippen MR) is 81.5 cm³/mol. The van der Waals surface area contributed by atoms with Crippen molar-refractivity contribution in [3.63, 3.8) is 0 Å². The van der Waals surface area contributed by atoms with Gasteiger partial charge in [-0.2, -0.15) is 0 Å². The number of aliphatic hydroxyl groups is 1. The normalized spacial score (nSPS) is 12.9. The Morgan fingerprint density at radius 1 is 1.29 bits per heavy atom. The first-order valence-corrected chi connectivity index (χ1v) is 8.13. The topological polar surface area (TPSA) is 79.3 Å². The van der Waals surface area contributed by atoms with E-state index in [4.69, 9.17) is 0 Å². The lowest BCUT2D eigenvalue weighted by atomic mass is 10.1. The van der Waals surface area contributed by atoms with Gasteiger partial charge in [0.05, 0.1) is 22.9 Å². The number of aromatic nitrogens is 1. The summed E-state index contributed by atoms with van der Waals surface area (Å²) < 4.78 is 27.2. The zero-order valence-corrected chi connectivity index (χ0v) is 12.8. The highest BCUT2D eigenvalue weighted by molar-refractivity contribution is 7.92. The van der Waals surface area contributed by atoms with Gasteiger partial charge >= 0.3 is 0 Å². The van der Waals surface area contributed by atoms with E-state index in [0.717, 1.165) is 5.56 Å². The van der Waals surface area contributed by atoms with Crippen molar-refractivity contribution in [3.05, 3.63) is 53.9 Å². The second kappa shape index (κ2) is 6.24. The summed E-state index contributed by atoms with van der Waals surface area (Å²) >= 11 is 0. The second-order valence-electron chi connectivity index (χ2n) is 4.85. The van der Waals surface area contributed by atoms with Gasteiger partial charge in [0, 0.05) is 6.20 Å². The molecule has 0 saturated carbocycles. The Morgan fingerprint density at radius 2 is 2.05 bits per heavy atom. The fraction of sp³-hybridized carbons (Fsp3) is 0.267. The average molecular weight is 306 g/mol. The minimum atomic E-state index is -3.70. The third-order valence-electron chi connectivity index (χ3n) is 3.07. The molecule has 2 N–H and O–H groups in total. The highest BCUT2D eigenvalue weighted by Gasteiger charge is 2.16. The van der Waals surface area contributed by atoms with E-state index in [1.54, 1.807) is 24.4 Å². The number of nitrogens with zero attached hydrogens (tertiary/aromatic N) is 1. The van der Waals surface area contributed by atoms with E-state index in [9.17, 15) is 13.5 Å². The first kappa shape index (κ1) is 15.5. The van der Waals surface area contributed by atoms with Crippen LogP contribution in [-0.4, -0.2) is 18.5 Å². The van der Waals surface area contributed by atoms with Gasteiger partial charge in [-0.25, -0.2) is 8.42 Å². The van der Waals surface area contributed by atoms with Crippen molar-refractivity contribution in [2.45, 2.75) is 31.3 Å². The Hall–Kier alpha value is -1.92. The molecular formula is C15H18N2O3S. The van der Waals surface area contributed by atoms with Crippen LogP contribution in [0.1, 0.15) is 30.6 Å². The SMILES string of the molecule is CCC(O)c1cccc(S(=O)(=O)Nc2cncc(C)c2)c1. The first-order chi connectivity index (χ1) is 9.92. The molecule has 1 aromatic carbocycles. The molecule has 1 aromatic heterocycles. The number of sulfonamides is 1. The van der Waals surface area contributed by atoms with Gasteiger partial charge in [0.15, 0.2) is 0 Å². The summed E-state index contributed by atoms with van der Waals surface area (Å²) in [6.07, 6.45) is 2.96. The van der Waals surface area contributed by atoms with E-state index >= 15 is 0 Å². The number of aryl methyl sites for hydroxylation is 1. The van der Waals surface area contributed by atoms with Crippen LogP contribution >= 0.6 is 0 Å². The molecule has 0 spiro atoms. The number of nitrogens with one attached hydrogen (secondary N) is 1. The molecule has 2 aromatic rings. The molecule has 0 radical (unpaired) electrons. The molecule has 0 bridgehead atoms. The molecular weight excluding hydrogens is 288 g/mol. The van der Waals surface area contributed by atoms with Crippen LogP contribution in [-0.2, 0) is 10.0 Å². The molecule has 5 nitrogen and oxygen atoms in total. The largest absolute Gasteiger partial charge is 0.388 e. The predicted octanol–water partition coefficient (Wildman–Crippen LogP) is 2.63. The number of pyridine rings is 1. The number of benzene rings is 1. The van der Waals surface area contributed by atoms with Crippen molar-refractivity contribution >= 4 is 15.7 Å². The van der Waals surface area contributed by atoms with Crippen molar-refractivity contribution in [1.29, 1.82) is 0 Å². The molecule has 1 unspecified atom stereocenters. The molecule has 0 aliphatic carbocycles. The van der Waals surface area contributed by atoms with Gasteiger partial charge in [-0.1, -0.05) is 19.1 Å². The van der Waals surface area contributed by atoms with Crippen molar-refractivity contribution in [2.24, 2.45) is 0 Å². The van der Waals surface area contributed by atoms with Crippen molar-refractivity contribution in [3.8, 4) is 0 Å². The van der Waals surface area contributed by atoms with Crippen LogP contribution in [0.4, 0.5) is 5.69 Å². The zero-order chi connectivity index (χ0) is 15.5. The van der Waals surface area contributed by atoms with Crippen LogP contribution < -0.4 is 4.72 Å². The van der Waals surface area contributed by atoms with Crippen LogP contribution in [0.5, 0.6) is 0 Å². The van der Waals surface area contributed by atoms with E-state index in [-0.39, 0.29) is 4.90 Å². The van der Waals surface area contributed by atoms with Crippen LogP contribution in [0.3, 0.4) is 0 Å². The van der Waals surface area contributed by atoms with Gasteiger partial charge in [0.25, 0.3) is 10.0 Å². The summed E-state index contributed by atoms with van der Waals surface area (Å²) in [5.74, 6) is 0. The molecule has 0 aliphatic rings. The highest BCUT2D eigenvalue weighted by Crippen LogP contribution is 2.21. The maximum atomic E-state index is 12.4. The molecule has 1 atom stereocenters. The molecule has 21 heavy (non-hydrogen) atoms. The van der Waals surface area contributed by atoms with Crippen molar-refractivity contribution < 1.29 is 13.5 Å². The number of aliphatic hydroxyl groups excluding tert-OH is 1. The van der Waals surface area contributed by atoms with Gasteiger partial charge in [-0.15, -0.1) is 0 Å². The zero-order valence-electron chi connectivity index (χ0n) is 11.9. The Labute approximate surface area is 124 Å². The summed E-state index contributed by atoms with van der Waals surface area (Å²) in [6.45, 7) is 3.67. The Kier molecular flexibility index (Phi) is 4.59. The van der Waals surface area contributed by atoms with Crippen LogP contribution in [0.25, 0.3) is 0 Å². The molecule has 0 aliphatic heterocycles. The lowest BCUT2D eigenvalue weighted by Crippen LogP contribution is -2.13. The quantitative estimate of drug-likeness (QED) is 0.890. The van der Waals surface area contributed by atoms with E-state index in [2.05, 4.69) is 9.71 Å². The summed E-state index contributed by atoms with van der Waals surface area (Å²) in [6, 6.07) is 8.02. The highest BCUT2D eigenvalue weighted by atomic mass is 32.2. The molecule has 0 amide bonds. The third-order valence-corrected chi connectivity index (χ3v) is 4.45. The molecule has 112 valence electrons. The number of rotatable bonds is 5. The van der Waals surface area contributed by atoms with Crippen molar-refractivity contribution in [1.82, 2.24) is 4.98 Å². The van der Waals surface area contributed by atoms with Gasteiger partial charge in [0.2, 0.25) is 0 Å². The van der Waals surface area contributed by atoms with Crippen LogP contribution in [0, 0.1) is 6.92 Å². The molecule has 0 fully saturated rings. The number of hydrogen-bond donors (Lipinski definition) is 2. The fourth-order valence-corrected chi connectivity index (χ4v) is 3.04. The molecule has 1 heterocycles. The molecule has 2 rings (SSSR count). The lowest BCUT2D eigenvalue weighted by molar-refractivity contribution is 0.173. The van der Waals surface area contributed by atoms with Gasteiger partial charge in [-0.3, -0.25) is 9.71 Å². The van der Waals surface area contributed by atoms with E-state index < -0.39 is 16.1 Å². The van der Waals surface area contributed by atoms with Crippen LogP contribution in [0.15, 0.2) is 47.6 Å². The molecule has 0 saturated heterocycles. The van der Waals surface area contributed by atoms with E-state index in [0.29, 0.717) is 17.7 Å². The average Bonchev–Trinajstić information content (AvgIpc) is 2.46. The third kappa shape index (κ3) is 3.80. The number of hydrogen-bond acceptors (Lipinski definition) is 4. The summed E-state index contributed by atoms with van der Waals surface area (Å²) in [5, 5.41) is 9.82. The Balaban J connectivity index is 2.31. The van der Waals surface area contributed by atoms with Gasteiger partial charge in [-0.05, 0) is 42.7 Å². The monoisotopic (exact) mass is 306 g/mol. The van der Waals surface area contributed by atoms with Gasteiger partial charge < -0.3 is 5.11 Å². The van der Waals surface area contributed by atoms with Gasteiger partial charge in [0.1, 0.15) is 0 Å². The van der Waals surface area contributed by atoms with E-state index in [1.165, 1.54) is 18.3 Å². The smallest absolute Gasteiger partial charge is 0.261 e. The lowest BCUT2D eigenvalue weighted by Gasteiger charge is -2.12. The summed E-state index contributed by atoms with van der Waals surface area (Å²) in [5.41, 5.74) is 1.87.